The summed E-state index contributed by atoms with van der Waals surface area (Å²) in [7, 11) is 0. The van der Waals surface area contributed by atoms with Crippen molar-refractivity contribution in [2.75, 3.05) is 6.61 Å². The Balaban J connectivity index is 2.06. The van der Waals surface area contributed by atoms with Gasteiger partial charge in [0, 0.05) is 10.4 Å². The molecule has 2 N–H and O–H groups in total. The van der Waals surface area contributed by atoms with Crippen molar-refractivity contribution in [1.29, 1.82) is 0 Å². The molecule has 20 heavy (non-hydrogen) atoms. The fourth-order valence-electron chi connectivity index (χ4n) is 1.59. The van der Waals surface area contributed by atoms with E-state index in [9.17, 15) is 9.18 Å². The van der Waals surface area contributed by atoms with Crippen molar-refractivity contribution < 1.29 is 14.3 Å². The molecule has 1 amide bonds. The lowest BCUT2D eigenvalue weighted by atomic mass is 10.1. The second kappa shape index (κ2) is 6.85. The van der Waals surface area contributed by atoms with Crippen molar-refractivity contribution in [2.24, 2.45) is 0 Å². The molecular weight excluding hydrogens is 277 g/mol. The lowest BCUT2D eigenvalue weighted by Gasteiger charge is -2.05. The molecule has 0 bridgehead atoms. The molecule has 1 heterocycles. The third-order valence-corrected chi connectivity index (χ3v) is 3.41. The second-order valence-corrected chi connectivity index (χ2v) is 4.95. The minimum absolute atomic E-state index is 0.0175. The summed E-state index contributed by atoms with van der Waals surface area (Å²) in [5, 5.41) is 13.1. The summed E-state index contributed by atoms with van der Waals surface area (Å²) in [5.41, 5.74) is 0.405. The molecule has 102 valence electrons. The number of aliphatic hydroxyl groups is 1. The van der Waals surface area contributed by atoms with Crippen molar-refractivity contribution in [2.45, 2.75) is 6.54 Å². The van der Waals surface area contributed by atoms with Crippen molar-refractivity contribution in [3.8, 4) is 11.8 Å². The first-order valence-corrected chi connectivity index (χ1v) is 6.78. The van der Waals surface area contributed by atoms with E-state index in [4.69, 9.17) is 5.11 Å². The van der Waals surface area contributed by atoms with Crippen LogP contribution in [0.2, 0.25) is 0 Å². The average Bonchev–Trinajstić information content (AvgIpc) is 2.96. The number of halogens is 1. The van der Waals surface area contributed by atoms with Gasteiger partial charge in [-0.3, -0.25) is 4.79 Å². The van der Waals surface area contributed by atoms with Gasteiger partial charge in [0.15, 0.2) is 0 Å². The van der Waals surface area contributed by atoms with Gasteiger partial charge in [-0.1, -0.05) is 17.9 Å². The van der Waals surface area contributed by atoms with E-state index in [1.807, 2.05) is 17.5 Å². The molecule has 0 saturated heterocycles. The molecule has 0 aliphatic rings. The minimum atomic E-state index is -0.626. The zero-order valence-corrected chi connectivity index (χ0v) is 11.3. The molecular formula is C15H12FNO2S. The number of thiophene rings is 1. The molecule has 2 aromatic rings. The van der Waals surface area contributed by atoms with E-state index in [-0.39, 0.29) is 12.2 Å². The van der Waals surface area contributed by atoms with Crippen molar-refractivity contribution in [1.82, 2.24) is 5.32 Å². The Kier molecular flexibility index (Phi) is 4.88. The normalized spacial score (nSPS) is 9.70. The van der Waals surface area contributed by atoms with Crippen LogP contribution in [0.3, 0.4) is 0 Å². The molecule has 0 fully saturated rings. The monoisotopic (exact) mass is 289 g/mol. The van der Waals surface area contributed by atoms with E-state index in [0.29, 0.717) is 12.1 Å². The number of nitrogens with one attached hydrogen (secondary N) is 1. The summed E-state index contributed by atoms with van der Waals surface area (Å²) in [4.78, 5) is 12.9. The van der Waals surface area contributed by atoms with Crippen LogP contribution >= 0.6 is 11.3 Å². The highest BCUT2D eigenvalue weighted by atomic mass is 32.1. The molecule has 0 unspecified atom stereocenters. The summed E-state index contributed by atoms with van der Waals surface area (Å²) in [6.07, 6.45) is 0. The van der Waals surface area contributed by atoms with E-state index in [2.05, 4.69) is 17.2 Å². The summed E-state index contributed by atoms with van der Waals surface area (Å²) in [6, 6.07) is 7.91. The molecule has 3 nitrogen and oxygen atoms in total. The molecule has 5 heteroatoms. The molecule has 0 atom stereocenters. The number of hydrogen-bond donors (Lipinski definition) is 2. The standard InChI is InChI=1S/C15H12FNO2S/c16-14-9-11(3-1-7-18)5-6-13(14)15(19)17-10-12-4-2-8-20-12/h2,4-6,8-9,18H,7,10H2,(H,17,19). The van der Waals surface area contributed by atoms with Gasteiger partial charge in [0.2, 0.25) is 0 Å². The molecule has 2 rings (SSSR count). The maximum atomic E-state index is 13.8. The third kappa shape index (κ3) is 3.67. The van der Waals surface area contributed by atoms with E-state index >= 15 is 0 Å². The van der Waals surface area contributed by atoms with Gasteiger partial charge < -0.3 is 10.4 Å². The predicted molar refractivity (Wildman–Crippen MR) is 75.9 cm³/mol. The zero-order valence-electron chi connectivity index (χ0n) is 10.5. The Morgan fingerprint density at radius 3 is 2.90 bits per heavy atom. The molecule has 1 aromatic carbocycles. The van der Waals surface area contributed by atoms with E-state index in [1.54, 1.807) is 6.07 Å². The van der Waals surface area contributed by atoms with Crippen LogP contribution in [0.4, 0.5) is 4.39 Å². The van der Waals surface area contributed by atoms with Crippen molar-refractivity contribution in [3.63, 3.8) is 0 Å². The number of benzene rings is 1. The SMILES string of the molecule is O=C(NCc1cccs1)c1ccc(C#CCO)cc1F. The fourth-order valence-corrected chi connectivity index (χ4v) is 2.24. The van der Waals surface area contributed by atoms with Crippen LogP contribution in [0, 0.1) is 17.7 Å². The van der Waals surface area contributed by atoms with Gasteiger partial charge in [0.05, 0.1) is 12.1 Å². The summed E-state index contributed by atoms with van der Waals surface area (Å²) >= 11 is 1.53. The van der Waals surface area contributed by atoms with Gasteiger partial charge >= 0.3 is 0 Å². The Hall–Kier alpha value is -2.16. The molecule has 0 saturated carbocycles. The first-order chi connectivity index (χ1) is 9.70. The van der Waals surface area contributed by atoms with Gasteiger partial charge in [-0.15, -0.1) is 11.3 Å². The van der Waals surface area contributed by atoms with Gasteiger partial charge in [-0.2, -0.15) is 0 Å². The van der Waals surface area contributed by atoms with E-state index in [1.165, 1.54) is 23.5 Å². The predicted octanol–water partition coefficient (Wildman–Crippen LogP) is 2.16. The molecule has 0 aliphatic heterocycles. The number of amides is 1. The summed E-state index contributed by atoms with van der Waals surface area (Å²) < 4.78 is 13.8. The average molecular weight is 289 g/mol. The quantitative estimate of drug-likeness (QED) is 0.851. The maximum absolute atomic E-state index is 13.8. The summed E-state index contributed by atoms with van der Waals surface area (Å²) in [5.74, 6) is 3.92. The van der Waals surface area contributed by atoms with Crippen molar-refractivity contribution >= 4 is 17.2 Å². The number of aliphatic hydroxyl groups excluding tert-OH is 1. The van der Waals surface area contributed by atoms with Crippen molar-refractivity contribution in [3.05, 3.63) is 57.5 Å². The highest BCUT2D eigenvalue weighted by Gasteiger charge is 2.11. The Labute approximate surface area is 120 Å². The Bertz CT molecular complexity index is 656. The largest absolute Gasteiger partial charge is 0.384 e. The summed E-state index contributed by atoms with van der Waals surface area (Å²) in [6.45, 7) is 0.0900. The minimum Gasteiger partial charge on any atom is -0.384 e. The molecule has 0 radical (unpaired) electrons. The number of carbonyl (C=O) groups is 1. The first-order valence-electron chi connectivity index (χ1n) is 5.90. The highest BCUT2D eigenvalue weighted by molar-refractivity contribution is 7.09. The van der Waals surface area contributed by atoms with Gasteiger partial charge in [0.1, 0.15) is 12.4 Å². The van der Waals surface area contributed by atoms with Gasteiger partial charge in [0.25, 0.3) is 5.91 Å². The maximum Gasteiger partial charge on any atom is 0.254 e. The number of carbonyl (C=O) groups excluding carboxylic acids is 1. The van der Waals surface area contributed by atoms with E-state index < -0.39 is 11.7 Å². The highest BCUT2D eigenvalue weighted by Crippen LogP contribution is 2.11. The third-order valence-electron chi connectivity index (χ3n) is 2.53. The topological polar surface area (TPSA) is 49.3 Å². The lowest BCUT2D eigenvalue weighted by molar-refractivity contribution is 0.0947. The van der Waals surface area contributed by atoms with E-state index in [0.717, 1.165) is 4.88 Å². The second-order valence-electron chi connectivity index (χ2n) is 3.92. The number of rotatable bonds is 3. The number of hydrogen-bond acceptors (Lipinski definition) is 3. The van der Waals surface area contributed by atoms with Crippen LogP contribution < -0.4 is 5.32 Å². The van der Waals surface area contributed by atoms with Gasteiger partial charge in [-0.25, -0.2) is 4.39 Å². The lowest BCUT2D eigenvalue weighted by Crippen LogP contribution is -2.23. The Morgan fingerprint density at radius 2 is 2.25 bits per heavy atom. The zero-order chi connectivity index (χ0) is 14.4. The smallest absolute Gasteiger partial charge is 0.254 e. The van der Waals surface area contributed by atoms with Crippen LogP contribution in [-0.4, -0.2) is 17.6 Å². The molecule has 1 aromatic heterocycles. The van der Waals surface area contributed by atoms with Crippen LogP contribution in [0.25, 0.3) is 0 Å². The first kappa shape index (κ1) is 14.3. The van der Waals surface area contributed by atoms with Crippen LogP contribution in [-0.2, 0) is 6.54 Å². The van der Waals surface area contributed by atoms with Crippen LogP contribution in [0.5, 0.6) is 0 Å². The van der Waals surface area contributed by atoms with Gasteiger partial charge in [-0.05, 0) is 29.6 Å². The molecule has 0 spiro atoms. The van der Waals surface area contributed by atoms with Crippen LogP contribution in [0.1, 0.15) is 20.8 Å². The Morgan fingerprint density at radius 1 is 1.40 bits per heavy atom. The van der Waals surface area contributed by atoms with Crippen LogP contribution in [0.15, 0.2) is 35.7 Å². The molecule has 0 aliphatic carbocycles. The fraction of sp³-hybridized carbons (Fsp3) is 0.133.